The fourth-order valence-electron chi connectivity index (χ4n) is 4.08. The first kappa shape index (κ1) is 25.0. The Morgan fingerprint density at radius 2 is 1.53 bits per heavy atom. The van der Waals surface area contributed by atoms with Crippen molar-refractivity contribution in [3.05, 3.63) is 77.4 Å². The van der Waals surface area contributed by atoms with Gasteiger partial charge in [0.15, 0.2) is 0 Å². The van der Waals surface area contributed by atoms with Crippen LogP contribution in [0.25, 0.3) is 0 Å². The quantitative estimate of drug-likeness (QED) is 0.264. The summed E-state index contributed by atoms with van der Waals surface area (Å²) in [6, 6.07) is 14.9. The average Bonchev–Trinajstić information content (AvgIpc) is 3.12. The van der Waals surface area contributed by atoms with Gasteiger partial charge in [0.1, 0.15) is 12.4 Å². The number of esters is 3. The van der Waals surface area contributed by atoms with Crippen molar-refractivity contribution in [1.82, 2.24) is 5.32 Å². The molecule has 3 rings (SSSR count). The first-order chi connectivity index (χ1) is 16.3. The van der Waals surface area contributed by atoms with E-state index in [4.69, 9.17) is 14.2 Å². The van der Waals surface area contributed by atoms with Crippen molar-refractivity contribution in [2.24, 2.45) is 5.92 Å². The highest BCUT2D eigenvalue weighted by atomic mass is 16.6. The summed E-state index contributed by atoms with van der Waals surface area (Å²) in [6.07, 6.45) is 1.26. The molecule has 2 aromatic carbocycles. The summed E-state index contributed by atoms with van der Waals surface area (Å²) >= 11 is 0. The van der Waals surface area contributed by atoms with E-state index in [2.05, 4.69) is 5.32 Å². The van der Waals surface area contributed by atoms with Gasteiger partial charge >= 0.3 is 17.9 Å². The van der Waals surface area contributed by atoms with Gasteiger partial charge in [-0.15, -0.1) is 0 Å². The first-order valence-electron chi connectivity index (χ1n) is 11.2. The van der Waals surface area contributed by atoms with E-state index in [9.17, 15) is 19.5 Å². The van der Waals surface area contributed by atoms with E-state index in [1.54, 1.807) is 39.0 Å². The van der Waals surface area contributed by atoms with Gasteiger partial charge in [0.25, 0.3) is 0 Å². The lowest BCUT2D eigenvalue weighted by Gasteiger charge is -2.29. The molecular weight excluding hydrogens is 438 g/mol. The molecule has 0 saturated carbocycles. The van der Waals surface area contributed by atoms with Crippen molar-refractivity contribution in [3.63, 3.8) is 0 Å². The number of hydrogen-bond donors (Lipinski definition) is 2. The summed E-state index contributed by atoms with van der Waals surface area (Å²) < 4.78 is 15.9. The molecule has 0 spiro atoms. The minimum absolute atomic E-state index is 0.0494. The number of nitrogens with one attached hydrogen (secondary N) is 1. The lowest BCUT2D eigenvalue weighted by molar-refractivity contribution is -0.167. The second-order valence-electron chi connectivity index (χ2n) is 7.84. The molecule has 0 aromatic heterocycles. The lowest BCUT2D eigenvalue weighted by Crippen LogP contribution is -2.59. The number of para-hydroxylation sites is 1. The van der Waals surface area contributed by atoms with Crippen LogP contribution in [0.15, 0.2) is 66.2 Å². The molecule has 8 nitrogen and oxygen atoms in total. The van der Waals surface area contributed by atoms with Gasteiger partial charge in [-0.05, 0) is 31.1 Å². The van der Waals surface area contributed by atoms with Crippen molar-refractivity contribution in [2.75, 3.05) is 13.2 Å². The second kappa shape index (κ2) is 11.0. The second-order valence-corrected chi connectivity index (χ2v) is 7.84. The predicted molar refractivity (Wildman–Crippen MR) is 123 cm³/mol. The minimum Gasteiger partial charge on any atom is -0.508 e. The Bertz CT molecular complexity index is 1050. The third kappa shape index (κ3) is 4.97. The van der Waals surface area contributed by atoms with E-state index < -0.39 is 35.4 Å². The molecule has 1 heterocycles. The van der Waals surface area contributed by atoms with Crippen molar-refractivity contribution >= 4 is 17.9 Å². The molecule has 34 heavy (non-hydrogen) atoms. The molecule has 2 atom stereocenters. The van der Waals surface area contributed by atoms with Gasteiger partial charge in [-0.3, -0.25) is 5.32 Å². The van der Waals surface area contributed by atoms with E-state index in [-0.39, 0.29) is 25.6 Å². The number of aromatic hydroxyl groups is 1. The van der Waals surface area contributed by atoms with Crippen LogP contribution >= 0.6 is 0 Å². The number of carbonyl (C=O) groups excluding carboxylic acids is 3. The van der Waals surface area contributed by atoms with Crippen LogP contribution in [-0.2, 0) is 35.2 Å². The third-order valence-electron chi connectivity index (χ3n) is 5.81. The molecule has 2 unspecified atom stereocenters. The van der Waals surface area contributed by atoms with E-state index in [0.717, 1.165) is 5.56 Å². The molecule has 180 valence electrons. The zero-order chi connectivity index (χ0) is 24.7. The zero-order valence-corrected chi connectivity index (χ0v) is 19.4. The smallest absolute Gasteiger partial charge is 0.338 e. The van der Waals surface area contributed by atoms with E-state index in [1.807, 2.05) is 30.3 Å². The highest BCUT2D eigenvalue weighted by Crippen LogP contribution is 2.45. The normalized spacial score (nSPS) is 20.0. The minimum atomic E-state index is -1.90. The van der Waals surface area contributed by atoms with Crippen LogP contribution in [0.4, 0.5) is 0 Å². The van der Waals surface area contributed by atoms with Gasteiger partial charge in [-0.25, -0.2) is 14.4 Å². The van der Waals surface area contributed by atoms with Crippen LogP contribution in [0.1, 0.15) is 37.9 Å². The summed E-state index contributed by atoms with van der Waals surface area (Å²) in [7, 11) is 0. The van der Waals surface area contributed by atoms with Crippen LogP contribution in [0.5, 0.6) is 5.75 Å². The first-order valence-corrected chi connectivity index (χ1v) is 11.2. The maximum atomic E-state index is 13.1. The van der Waals surface area contributed by atoms with Crippen molar-refractivity contribution in [1.29, 1.82) is 0 Å². The topological polar surface area (TPSA) is 111 Å². The monoisotopic (exact) mass is 467 g/mol. The number of ether oxygens (including phenoxy) is 3. The van der Waals surface area contributed by atoms with Crippen molar-refractivity contribution in [3.8, 4) is 5.75 Å². The van der Waals surface area contributed by atoms with Gasteiger partial charge in [-0.2, -0.15) is 0 Å². The fraction of sp³-hybridized carbons (Fsp3) is 0.346. The number of phenols is 1. The molecule has 2 N–H and O–H groups in total. The molecule has 0 radical (unpaired) electrons. The molecule has 0 bridgehead atoms. The maximum Gasteiger partial charge on any atom is 0.338 e. The molecular formula is C26H29NO7. The Hall–Kier alpha value is -3.65. The largest absolute Gasteiger partial charge is 0.508 e. The molecule has 1 aliphatic rings. The Balaban J connectivity index is 2.03. The van der Waals surface area contributed by atoms with Crippen molar-refractivity contribution < 1.29 is 33.7 Å². The number of rotatable bonds is 8. The molecule has 1 fully saturated rings. The van der Waals surface area contributed by atoms with Crippen LogP contribution in [-0.4, -0.2) is 41.8 Å². The summed E-state index contributed by atoms with van der Waals surface area (Å²) in [6.45, 7) is 5.06. The predicted octanol–water partition coefficient (Wildman–Crippen LogP) is 3.21. The van der Waals surface area contributed by atoms with Crippen LogP contribution in [0.3, 0.4) is 0 Å². The van der Waals surface area contributed by atoms with Crippen molar-refractivity contribution in [2.45, 2.75) is 39.0 Å². The summed E-state index contributed by atoms with van der Waals surface area (Å²) in [5.41, 5.74) is -0.297. The van der Waals surface area contributed by atoms with Gasteiger partial charge in [-0.1, -0.05) is 55.5 Å². The Labute approximate surface area is 198 Å². The number of benzene rings is 2. The average molecular weight is 468 g/mol. The Kier molecular flexibility index (Phi) is 8.07. The van der Waals surface area contributed by atoms with E-state index in [1.165, 1.54) is 12.1 Å². The summed E-state index contributed by atoms with van der Waals surface area (Å²) in [4.78, 5) is 39.0. The van der Waals surface area contributed by atoms with E-state index in [0.29, 0.717) is 11.1 Å². The zero-order valence-electron chi connectivity index (χ0n) is 19.4. The highest BCUT2D eigenvalue weighted by molar-refractivity contribution is 6.07. The van der Waals surface area contributed by atoms with Crippen LogP contribution in [0.2, 0.25) is 0 Å². The number of phenolic OH excluding ortho intramolecular Hbond substituents is 1. The Morgan fingerprint density at radius 1 is 0.941 bits per heavy atom. The van der Waals surface area contributed by atoms with Gasteiger partial charge in [0, 0.05) is 17.6 Å². The SMILES string of the molecule is CCOC(=O)C1(C(=O)OCC)NC(c2ccccc2O)/C(=C/C(=O)OCc2ccccc2)C1C. The summed E-state index contributed by atoms with van der Waals surface area (Å²) in [5.74, 6) is -3.17. The molecule has 1 aliphatic heterocycles. The van der Waals surface area contributed by atoms with Gasteiger partial charge in [0.05, 0.1) is 19.3 Å². The molecule has 1 saturated heterocycles. The molecule has 2 aromatic rings. The molecule has 8 heteroatoms. The maximum absolute atomic E-state index is 13.1. The Morgan fingerprint density at radius 3 is 2.12 bits per heavy atom. The number of carbonyl (C=O) groups is 3. The number of hydrogen-bond acceptors (Lipinski definition) is 8. The fourth-order valence-corrected chi connectivity index (χ4v) is 4.08. The van der Waals surface area contributed by atoms with Crippen LogP contribution in [0, 0.1) is 5.92 Å². The highest BCUT2D eigenvalue weighted by Gasteiger charge is 2.61. The van der Waals surface area contributed by atoms with Gasteiger partial charge in [0.2, 0.25) is 5.54 Å². The molecule has 0 amide bonds. The summed E-state index contributed by atoms with van der Waals surface area (Å²) in [5, 5.41) is 13.5. The third-order valence-corrected chi connectivity index (χ3v) is 5.81. The van der Waals surface area contributed by atoms with Crippen LogP contribution < -0.4 is 5.32 Å². The lowest BCUT2D eigenvalue weighted by atomic mass is 9.82. The standard InChI is InChI=1S/C26H29NO7/c1-4-32-24(30)26(25(31)33-5-2)17(3)20(23(27-26)19-13-9-10-14-21(19)28)15-22(29)34-16-18-11-7-6-8-12-18/h6-15,17,23,27-28H,4-5,16H2,1-3H3/b20-15+. The molecule has 0 aliphatic carbocycles. The van der Waals surface area contributed by atoms with Gasteiger partial charge < -0.3 is 19.3 Å². The van der Waals surface area contributed by atoms with E-state index >= 15 is 0 Å².